The summed E-state index contributed by atoms with van der Waals surface area (Å²) in [5.74, 6) is -0.217. The van der Waals surface area contributed by atoms with Crippen molar-refractivity contribution >= 4 is 33.8 Å². The number of hydrogen-bond donors (Lipinski definition) is 1. The number of nitrogens with zero attached hydrogens (tertiary/aromatic N) is 2. The molecule has 1 N–H and O–H groups in total. The number of benzene rings is 2. The van der Waals surface area contributed by atoms with Gasteiger partial charge in [0.15, 0.2) is 5.13 Å². The zero-order valence-electron chi connectivity index (χ0n) is 13.4. The van der Waals surface area contributed by atoms with Crippen molar-refractivity contribution in [1.82, 2.24) is 4.98 Å². The minimum Gasteiger partial charge on any atom is -0.332 e. The molecule has 1 aromatic heterocycles. The van der Waals surface area contributed by atoms with Crippen LogP contribution in [0, 0.1) is 5.82 Å². The molecule has 4 nitrogen and oxygen atoms in total. The van der Waals surface area contributed by atoms with E-state index in [2.05, 4.69) is 16.4 Å². The van der Waals surface area contributed by atoms with Gasteiger partial charge in [0.05, 0.1) is 12.1 Å². The Bertz CT molecular complexity index is 907. The van der Waals surface area contributed by atoms with Gasteiger partial charge in [-0.2, -0.15) is 0 Å². The van der Waals surface area contributed by atoms with Crippen LogP contribution in [-0.2, 0) is 17.6 Å². The number of thiazole rings is 1. The number of rotatable bonds is 4. The van der Waals surface area contributed by atoms with E-state index in [0.29, 0.717) is 5.13 Å². The third-order valence-electron chi connectivity index (χ3n) is 4.17. The van der Waals surface area contributed by atoms with Crippen molar-refractivity contribution in [3.8, 4) is 0 Å². The summed E-state index contributed by atoms with van der Waals surface area (Å²) in [4.78, 5) is 18.9. The lowest BCUT2D eigenvalue weighted by atomic mass is 10.2. The zero-order chi connectivity index (χ0) is 17.2. The molecule has 0 fully saturated rings. The summed E-state index contributed by atoms with van der Waals surface area (Å²) in [7, 11) is 0. The van der Waals surface area contributed by atoms with E-state index in [1.54, 1.807) is 12.1 Å². The third-order valence-corrected chi connectivity index (χ3v) is 4.97. The van der Waals surface area contributed by atoms with Crippen LogP contribution in [0.25, 0.3) is 0 Å². The number of fused-ring (bicyclic) bond motifs is 1. The largest absolute Gasteiger partial charge is 0.332 e. The quantitative estimate of drug-likeness (QED) is 0.766. The number of hydrogen-bond acceptors (Lipinski definition) is 4. The molecule has 1 aliphatic rings. The average Bonchev–Trinajstić information content (AvgIpc) is 3.23. The Morgan fingerprint density at radius 2 is 2.00 bits per heavy atom. The number of nitrogens with one attached hydrogen (secondary N) is 1. The summed E-state index contributed by atoms with van der Waals surface area (Å²) >= 11 is 1.43. The molecule has 1 amide bonds. The molecule has 2 aromatic carbocycles. The van der Waals surface area contributed by atoms with Crippen molar-refractivity contribution in [3.05, 3.63) is 71.0 Å². The van der Waals surface area contributed by atoms with E-state index in [9.17, 15) is 9.18 Å². The molecule has 0 saturated carbocycles. The number of halogens is 1. The first-order chi connectivity index (χ1) is 12.2. The second-order valence-electron chi connectivity index (χ2n) is 5.88. The predicted octanol–water partition coefficient (Wildman–Crippen LogP) is 4.16. The normalized spacial score (nSPS) is 12.9. The van der Waals surface area contributed by atoms with Crippen molar-refractivity contribution < 1.29 is 9.18 Å². The smallest absolute Gasteiger partial charge is 0.233 e. The summed E-state index contributed by atoms with van der Waals surface area (Å²) in [6, 6.07) is 14.1. The Morgan fingerprint density at radius 3 is 2.84 bits per heavy atom. The van der Waals surface area contributed by atoms with Crippen molar-refractivity contribution in [1.29, 1.82) is 0 Å². The lowest BCUT2D eigenvalue weighted by molar-refractivity contribution is -0.117. The van der Waals surface area contributed by atoms with Crippen LogP contribution in [0.15, 0.2) is 53.9 Å². The molecule has 0 unspecified atom stereocenters. The van der Waals surface area contributed by atoms with Crippen molar-refractivity contribution in [2.24, 2.45) is 0 Å². The molecular weight excluding hydrogens is 337 g/mol. The summed E-state index contributed by atoms with van der Waals surface area (Å²) in [5, 5.41) is 5.70. The predicted molar refractivity (Wildman–Crippen MR) is 98.0 cm³/mol. The zero-order valence-corrected chi connectivity index (χ0v) is 14.2. The Hall–Kier alpha value is -2.73. The highest BCUT2D eigenvalue weighted by Gasteiger charge is 2.24. The average molecular weight is 353 g/mol. The van der Waals surface area contributed by atoms with Crippen LogP contribution in [0.4, 0.5) is 20.9 Å². The molecule has 0 radical (unpaired) electrons. The van der Waals surface area contributed by atoms with Gasteiger partial charge in [0, 0.05) is 23.3 Å². The van der Waals surface area contributed by atoms with E-state index in [0.717, 1.165) is 30.0 Å². The van der Waals surface area contributed by atoms with Gasteiger partial charge in [0.25, 0.3) is 0 Å². The molecule has 2 heterocycles. The fraction of sp³-hybridized carbons (Fsp3) is 0.158. The van der Waals surface area contributed by atoms with E-state index >= 15 is 0 Å². The summed E-state index contributed by atoms with van der Waals surface area (Å²) < 4.78 is 12.9. The number of amides is 1. The van der Waals surface area contributed by atoms with Gasteiger partial charge in [0.1, 0.15) is 5.82 Å². The molecule has 0 aliphatic carbocycles. The maximum absolute atomic E-state index is 12.9. The molecule has 1 aliphatic heterocycles. The second kappa shape index (κ2) is 6.64. The molecular formula is C19H16FN3OS. The van der Waals surface area contributed by atoms with Gasteiger partial charge in [-0.25, -0.2) is 9.37 Å². The lowest BCUT2D eigenvalue weighted by Gasteiger charge is -2.16. The van der Waals surface area contributed by atoms with Gasteiger partial charge in [-0.3, -0.25) is 4.79 Å². The number of carbonyl (C=O) groups excluding carboxylic acids is 1. The molecule has 126 valence electrons. The van der Waals surface area contributed by atoms with Crippen LogP contribution in [0.3, 0.4) is 0 Å². The van der Waals surface area contributed by atoms with Crippen LogP contribution in [0.1, 0.15) is 11.3 Å². The van der Waals surface area contributed by atoms with Crippen LogP contribution >= 0.6 is 11.3 Å². The van der Waals surface area contributed by atoms with Gasteiger partial charge in [-0.05, 0) is 42.3 Å². The molecule has 0 atom stereocenters. The summed E-state index contributed by atoms with van der Waals surface area (Å²) in [6.45, 7) is 0.725. The molecule has 3 aromatic rings. The Kier molecular flexibility index (Phi) is 4.19. The third kappa shape index (κ3) is 3.39. The fourth-order valence-corrected chi connectivity index (χ4v) is 3.68. The molecule has 0 bridgehead atoms. The number of aromatic nitrogens is 1. The Morgan fingerprint density at radius 1 is 1.20 bits per heavy atom. The van der Waals surface area contributed by atoms with Crippen LogP contribution in [0.5, 0.6) is 0 Å². The van der Waals surface area contributed by atoms with Crippen LogP contribution in [0.2, 0.25) is 0 Å². The van der Waals surface area contributed by atoms with E-state index in [1.165, 1.54) is 29.0 Å². The molecule has 0 saturated heterocycles. The Balaban J connectivity index is 1.43. The van der Waals surface area contributed by atoms with Gasteiger partial charge in [-0.15, -0.1) is 11.3 Å². The van der Waals surface area contributed by atoms with Crippen molar-refractivity contribution in [2.75, 3.05) is 16.8 Å². The molecule has 6 heteroatoms. The highest BCUT2D eigenvalue weighted by Crippen LogP contribution is 2.28. The highest BCUT2D eigenvalue weighted by atomic mass is 32.1. The highest BCUT2D eigenvalue weighted by molar-refractivity contribution is 7.13. The Labute approximate surface area is 148 Å². The SMILES string of the molecule is O=C(Cc1csc(Nc2ccc(F)cc2)n1)N1CCc2ccccc21. The monoisotopic (exact) mass is 353 g/mol. The van der Waals surface area contributed by atoms with E-state index in [-0.39, 0.29) is 18.1 Å². The maximum atomic E-state index is 12.9. The number of carbonyl (C=O) groups is 1. The second-order valence-corrected chi connectivity index (χ2v) is 6.73. The van der Waals surface area contributed by atoms with Gasteiger partial charge < -0.3 is 10.2 Å². The maximum Gasteiger partial charge on any atom is 0.233 e. The summed E-state index contributed by atoms with van der Waals surface area (Å²) in [5.41, 5.74) is 3.73. The van der Waals surface area contributed by atoms with Crippen molar-refractivity contribution in [2.45, 2.75) is 12.8 Å². The first-order valence-corrected chi connectivity index (χ1v) is 8.92. The van der Waals surface area contributed by atoms with Gasteiger partial charge in [-0.1, -0.05) is 18.2 Å². The number of para-hydroxylation sites is 1. The fourth-order valence-electron chi connectivity index (χ4n) is 2.95. The molecule has 25 heavy (non-hydrogen) atoms. The van der Waals surface area contributed by atoms with Gasteiger partial charge >= 0.3 is 0 Å². The lowest BCUT2D eigenvalue weighted by Crippen LogP contribution is -2.30. The van der Waals surface area contributed by atoms with E-state index in [4.69, 9.17) is 0 Å². The topological polar surface area (TPSA) is 45.2 Å². The minimum atomic E-state index is -0.276. The number of anilines is 3. The standard InChI is InChI=1S/C19H16FN3OS/c20-14-5-7-15(8-6-14)21-19-22-16(12-25-19)11-18(24)23-10-9-13-3-1-2-4-17(13)23/h1-8,12H,9-11H2,(H,21,22). The van der Waals surface area contributed by atoms with E-state index in [1.807, 2.05) is 28.5 Å². The summed E-state index contributed by atoms with van der Waals surface area (Å²) in [6.07, 6.45) is 1.17. The molecule has 4 rings (SSSR count). The molecule has 0 spiro atoms. The van der Waals surface area contributed by atoms with Crippen LogP contribution < -0.4 is 10.2 Å². The van der Waals surface area contributed by atoms with Gasteiger partial charge in [0.2, 0.25) is 5.91 Å². The first-order valence-electron chi connectivity index (χ1n) is 8.04. The minimum absolute atomic E-state index is 0.0589. The van der Waals surface area contributed by atoms with Crippen molar-refractivity contribution in [3.63, 3.8) is 0 Å². The van der Waals surface area contributed by atoms with E-state index < -0.39 is 0 Å². The van der Waals surface area contributed by atoms with Crippen LogP contribution in [-0.4, -0.2) is 17.4 Å². The first kappa shape index (κ1) is 15.8.